The number of rotatable bonds is 6. The van der Waals surface area contributed by atoms with Crippen molar-refractivity contribution in [2.45, 2.75) is 6.92 Å². The van der Waals surface area contributed by atoms with Crippen LogP contribution in [0.3, 0.4) is 0 Å². The highest BCUT2D eigenvalue weighted by atomic mass is 19.1. The molecule has 0 heterocycles. The highest BCUT2D eigenvalue weighted by Gasteiger charge is 2.16. The first-order valence-electron chi connectivity index (χ1n) is 6.89. The Labute approximate surface area is 132 Å². The van der Waals surface area contributed by atoms with Crippen molar-refractivity contribution >= 4 is 11.6 Å². The summed E-state index contributed by atoms with van der Waals surface area (Å²) in [5, 5.41) is 13.1. The van der Waals surface area contributed by atoms with Gasteiger partial charge in [0, 0.05) is 12.1 Å². The molecule has 0 saturated carbocycles. The van der Waals surface area contributed by atoms with Crippen LogP contribution in [0.15, 0.2) is 42.5 Å². The van der Waals surface area contributed by atoms with Crippen LogP contribution >= 0.6 is 0 Å². The van der Waals surface area contributed by atoms with Crippen molar-refractivity contribution in [2.24, 2.45) is 0 Å². The minimum Gasteiger partial charge on any atom is -0.491 e. The Balaban J connectivity index is 1.91. The number of benzene rings is 2. The number of nitro groups is 1. The Morgan fingerprint density at radius 2 is 2.04 bits per heavy atom. The molecule has 0 aliphatic heterocycles. The van der Waals surface area contributed by atoms with Gasteiger partial charge in [-0.2, -0.15) is 0 Å². The van der Waals surface area contributed by atoms with Crippen molar-refractivity contribution in [1.29, 1.82) is 0 Å². The molecule has 0 bridgehead atoms. The Kier molecular flexibility index (Phi) is 5.24. The first-order chi connectivity index (χ1) is 11.0. The summed E-state index contributed by atoms with van der Waals surface area (Å²) in [5.41, 5.74) is 0.256. The SMILES string of the molecule is Cc1ccccc1OCCNC(=O)c1cc([N+](=O)[O-])ccc1F. The summed E-state index contributed by atoms with van der Waals surface area (Å²) in [6.07, 6.45) is 0. The third-order valence-electron chi connectivity index (χ3n) is 3.14. The van der Waals surface area contributed by atoms with Crippen molar-refractivity contribution in [3.8, 4) is 5.75 Å². The van der Waals surface area contributed by atoms with E-state index in [4.69, 9.17) is 4.74 Å². The second-order valence-electron chi connectivity index (χ2n) is 4.79. The number of carbonyl (C=O) groups excluding carboxylic acids is 1. The number of halogens is 1. The normalized spacial score (nSPS) is 10.2. The summed E-state index contributed by atoms with van der Waals surface area (Å²) in [6, 6.07) is 10.2. The van der Waals surface area contributed by atoms with E-state index < -0.39 is 16.6 Å². The van der Waals surface area contributed by atoms with E-state index in [0.29, 0.717) is 5.75 Å². The molecule has 2 rings (SSSR count). The van der Waals surface area contributed by atoms with Gasteiger partial charge < -0.3 is 10.1 Å². The number of amides is 1. The van der Waals surface area contributed by atoms with Gasteiger partial charge in [0.1, 0.15) is 18.2 Å². The summed E-state index contributed by atoms with van der Waals surface area (Å²) in [6.45, 7) is 2.24. The van der Waals surface area contributed by atoms with Gasteiger partial charge in [-0.15, -0.1) is 0 Å². The van der Waals surface area contributed by atoms with Crippen molar-refractivity contribution in [3.63, 3.8) is 0 Å². The monoisotopic (exact) mass is 318 g/mol. The molecule has 1 amide bonds. The fourth-order valence-electron chi connectivity index (χ4n) is 1.94. The van der Waals surface area contributed by atoms with Gasteiger partial charge in [-0.25, -0.2) is 4.39 Å². The maximum atomic E-state index is 13.6. The van der Waals surface area contributed by atoms with Gasteiger partial charge in [0.25, 0.3) is 11.6 Å². The Hall–Kier alpha value is -2.96. The lowest BCUT2D eigenvalue weighted by molar-refractivity contribution is -0.384. The van der Waals surface area contributed by atoms with Crippen LogP contribution in [0.2, 0.25) is 0 Å². The van der Waals surface area contributed by atoms with Crippen molar-refractivity contribution in [2.75, 3.05) is 13.2 Å². The lowest BCUT2D eigenvalue weighted by atomic mass is 10.1. The number of nitrogens with one attached hydrogen (secondary N) is 1. The summed E-state index contributed by atoms with van der Waals surface area (Å²) >= 11 is 0. The Bertz CT molecular complexity index is 734. The number of para-hydroxylation sites is 1. The maximum absolute atomic E-state index is 13.6. The number of carbonyl (C=O) groups is 1. The van der Waals surface area contributed by atoms with Crippen LogP contribution in [-0.2, 0) is 0 Å². The largest absolute Gasteiger partial charge is 0.491 e. The molecule has 0 atom stereocenters. The van der Waals surface area contributed by atoms with Crippen LogP contribution in [0.1, 0.15) is 15.9 Å². The number of nitrogens with zero attached hydrogens (tertiary/aromatic N) is 1. The molecule has 0 aromatic heterocycles. The van der Waals surface area contributed by atoms with Gasteiger partial charge in [-0.1, -0.05) is 18.2 Å². The zero-order chi connectivity index (χ0) is 16.8. The number of hydrogen-bond donors (Lipinski definition) is 1. The van der Waals surface area contributed by atoms with E-state index in [1.807, 2.05) is 25.1 Å². The highest BCUT2D eigenvalue weighted by Crippen LogP contribution is 2.17. The first-order valence-corrected chi connectivity index (χ1v) is 6.89. The van der Waals surface area contributed by atoms with Gasteiger partial charge >= 0.3 is 0 Å². The summed E-state index contributed by atoms with van der Waals surface area (Å²) < 4.78 is 19.1. The van der Waals surface area contributed by atoms with Gasteiger partial charge in [0.05, 0.1) is 17.0 Å². The minimum absolute atomic E-state index is 0.148. The van der Waals surface area contributed by atoms with E-state index in [1.54, 1.807) is 6.07 Å². The molecule has 1 N–H and O–H groups in total. The second kappa shape index (κ2) is 7.35. The minimum atomic E-state index is -0.812. The topological polar surface area (TPSA) is 81.5 Å². The fraction of sp³-hybridized carbons (Fsp3) is 0.188. The van der Waals surface area contributed by atoms with E-state index in [-0.39, 0.29) is 24.4 Å². The summed E-state index contributed by atoms with van der Waals surface area (Å²) in [4.78, 5) is 21.9. The van der Waals surface area contributed by atoms with Gasteiger partial charge in [0.2, 0.25) is 0 Å². The summed E-state index contributed by atoms with van der Waals surface area (Å²) in [7, 11) is 0. The van der Waals surface area contributed by atoms with Crippen molar-refractivity contribution in [3.05, 3.63) is 69.5 Å². The van der Waals surface area contributed by atoms with Gasteiger partial charge in [-0.05, 0) is 24.6 Å². The zero-order valence-electron chi connectivity index (χ0n) is 12.4. The number of ether oxygens (including phenoxy) is 1. The molecular formula is C16H15FN2O4. The zero-order valence-corrected chi connectivity index (χ0v) is 12.4. The molecule has 0 unspecified atom stereocenters. The molecule has 2 aromatic rings. The van der Waals surface area contributed by atoms with Gasteiger partial charge in [0.15, 0.2) is 0 Å². The molecule has 0 saturated heterocycles. The predicted molar refractivity (Wildman–Crippen MR) is 82.1 cm³/mol. The molecular weight excluding hydrogens is 303 g/mol. The van der Waals surface area contributed by atoms with Crippen molar-refractivity contribution in [1.82, 2.24) is 5.32 Å². The average molecular weight is 318 g/mol. The third-order valence-corrected chi connectivity index (χ3v) is 3.14. The average Bonchev–Trinajstić information content (AvgIpc) is 2.53. The van der Waals surface area contributed by atoms with E-state index in [2.05, 4.69) is 5.32 Å². The Morgan fingerprint density at radius 1 is 1.30 bits per heavy atom. The highest BCUT2D eigenvalue weighted by molar-refractivity contribution is 5.95. The molecule has 7 heteroatoms. The maximum Gasteiger partial charge on any atom is 0.270 e. The number of nitro benzene ring substituents is 1. The summed E-state index contributed by atoms with van der Waals surface area (Å²) in [5.74, 6) is -0.837. The fourth-order valence-corrected chi connectivity index (χ4v) is 1.94. The van der Waals surface area contributed by atoms with Crippen LogP contribution in [0, 0.1) is 22.9 Å². The van der Waals surface area contributed by atoms with Crippen LogP contribution < -0.4 is 10.1 Å². The second-order valence-corrected chi connectivity index (χ2v) is 4.79. The number of non-ortho nitro benzene ring substituents is 1. The van der Waals surface area contributed by atoms with Crippen LogP contribution in [0.5, 0.6) is 5.75 Å². The third kappa shape index (κ3) is 4.26. The van der Waals surface area contributed by atoms with E-state index in [1.165, 1.54) is 0 Å². The molecule has 2 aromatic carbocycles. The lowest BCUT2D eigenvalue weighted by Crippen LogP contribution is -2.29. The molecule has 0 aliphatic rings. The van der Waals surface area contributed by atoms with Crippen LogP contribution in [0.25, 0.3) is 0 Å². The van der Waals surface area contributed by atoms with E-state index >= 15 is 0 Å². The predicted octanol–water partition coefficient (Wildman–Crippen LogP) is 2.85. The lowest BCUT2D eigenvalue weighted by Gasteiger charge is -2.10. The smallest absolute Gasteiger partial charge is 0.270 e. The molecule has 0 radical (unpaired) electrons. The molecule has 0 spiro atoms. The van der Waals surface area contributed by atoms with E-state index in [0.717, 1.165) is 23.8 Å². The number of aryl methyl sites for hydroxylation is 1. The quantitative estimate of drug-likeness (QED) is 0.504. The van der Waals surface area contributed by atoms with Gasteiger partial charge in [-0.3, -0.25) is 14.9 Å². The first kappa shape index (κ1) is 16.4. The van der Waals surface area contributed by atoms with Crippen LogP contribution in [-0.4, -0.2) is 24.0 Å². The van der Waals surface area contributed by atoms with E-state index in [9.17, 15) is 19.3 Å². The number of hydrogen-bond acceptors (Lipinski definition) is 4. The molecule has 6 nitrogen and oxygen atoms in total. The molecule has 120 valence electrons. The molecule has 0 fully saturated rings. The van der Waals surface area contributed by atoms with Crippen molar-refractivity contribution < 1.29 is 18.8 Å². The molecule has 0 aliphatic carbocycles. The standard InChI is InChI=1S/C16H15FN2O4/c1-11-4-2-3-5-15(11)23-9-8-18-16(20)13-10-12(19(21)22)6-7-14(13)17/h2-7,10H,8-9H2,1H3,(H,18,20). The Morgan fingerprint density at radius 3 is 2.74 bits per heavy atom. The van der Waals surface area contributed by atoms with Crippen LogP contribution in [0.4, 0.5) is 10.1 Å². The molecule has 23 heavy (non-hydrogen) atoms.